The zero-order valence-corrected chi connectivity index (χ0v) is 11.2. The van der Waals surface area contributed by atoms with E-state index in [0.717, 1.165) is 24.7 Å². The van der Waals surface area contributed by atoms with E-state index in [4.69, 9.17) is 4.52 Å². The van der Waals surface area contributed by atoms with Crippen molar-refractivity contribution in [1.82, 2.24) is 15.5 Å². The summed E-state index contributed by atoms with van der Waals surface area (Å²) < 4.78 is 5.36. The second-order valence-electron chi connectivity index (χ2n) is 5.05. The third-order valence-electron chi connectivity index (χ3n) is 3.46. The van der Waals surface area contributed by atoms with Crippen molar-refractivity contribution >= 4 is 0 Å². The number of nitrogens with one attached hydrogen (secondary N) is 1. The van der Waals surface area contributed by atoms with Crippen LogP contribution in [0, 0.1) is 0 Å². The average molecular weight is 257 g/mol. The highest BCUT2D eigenvalue weighted by Gasteiger charge is 2.29. The highest BCUT2D eigenvalue weighted by Crippen LogP contribution is 2.38. The molecular formula is C15H19N3O. The van der Waals surface area contributed by atoms with Crippen LogP contribution in [0.15, 0.2) is 34.9 Å². The predicted octanol–water partition coefficient (Wildman–Crippen LogP) is 2.84. The van der Waals surface area contributed by atoms with Gasteiger partial charge in [-0.3, -0.25) is 0 Å². The van der Waals surface area contributed by atoms with E-state index < -0.39 is 0 Å². The number of likely N-dealkylation sites (N-methyl/N-ethyl adjacent to an activating group) is 1. The normalized spacial score (nSPS) is 16.5. The summed E-state index contributed by atoms with van der Waals surface area (Å²) in [7, 11) is 0. The Labute approximate surface area is 113 Å². The lowest BCUT2D eigenvalue weighted by Crippen LogP contribution is -2.23. The molecule has 1 N–H and O–H groups in total. The summed E-state index contributed by atoms with van der Waals surface area (Å²) in [6, 6.07) is 10.6. The number of benzene rings is 1. The molecule has 19 heavy (non-hydrogen) atoms. The van der Waals surface area contributed by atoms with Gasteiger partial charge < -0.3 is 9.84 Å². The highest BCUT2D eigenvalue weighted by molar-refractivity contribution is 5.20. The topological polar surface area (TPSA) is 51.0 Å². The average Bonchev–Trinajstić information content (AvgIpc) is 3.20. The van der Waals surface area contributed by atoms with Gasteiger partial charge in [-0.2, -0.15) is 4.98 Å². The first kappa shape index (κ1) is 12.4. The van der Waals surface area contributed by atoms with Gasteiger partial charge in [-0.05, 0) is 24.9 Å². The van der Waals surface area contributed by atoms with Crippen LogP contribution in [-0.2, 0) is 6.42 Å². The van der Waals surface area contributed by atoms with Gasteiger partial charge in [0.05, 0.1) is 0 Å². The molecule has 0 saturated heterocycles. The third kappa shape index (κ3) is 3.01. The Balaban J connectivity index is 1.73. The molecule has 4 nitrogen and oxygen atoms in total. The molecule has 1 aliphatic rings. The van der Waals surface area contributed by atoms with Crippen molar-refractivity contribution in [2.45, 2.75) is 38.1 Å². The zero-order chi connectivity index (χ0) is 13.1. The Hall–Kier alpha value is -1.68. The molecule has 1 saturated carbocycles. The van der Waals surface area contributed by atoms with Crippen LogP contribution < -0.4 is 5.32 Å². The molecule has 1 aromatic heterocycles. The lowest BCUT2D eigenvalue weighted by molar-refractivity contribution is 0.355. The minimum absolute atomic E-state index is 0.235. The van der Waals surface area contributed by atoms with Gasteiger partial charge >= 0.3 is 0 Å². The van der Waals surface area contributed by atoms with E-state index in [1.807, 2.05) is 6.07 Å². The minimum atomic E-state index is 0.235. The van der Waals surface area contributed by atoms with Gasteiger partial charge in [-0.25, -0.2) is 0 Å². The number of aromatic nitrogens is 2. The fourth-order valence-electron chi connectivity index (χ4n) is 2.27. The Morgan fingerprint density at radius 2 is 2.11 bits per heavy atom. The van der Waals surface area contributed by atoms with Gasteiger partial charge in [-0.1, -0.05) is 42.4 Å². The maximum atomic E-state index is 5.36. The molecule has 0 bridgehead atoms. The number of rotatable bonds is 6. The molecule has 0 amide bonds. The van der Waals surface area contributed by atoms with Gasteiger partial charge in [-0.15, -0.1) is 0 Å². The Morgan fingerprint density at radius 3 is 2.79 bits per heavy atom. The predicted molar refractivity (Wildman–Crippen MR) is 72.8 cm³/mol. The second-order valence-corrected chi connectivity index (χ2v) is 5.05. The number of nitrogens with zero attached hydrogens (tertiary/aromatic N) is 2. The first-order valence-electron chi connectivity index (χ1n) is 6.97. The molecule has 1 heterocycles. The molecule has 3 rings (SSSR count). The fraction of sp³-hybridized carbons (Fsp3) is 0.467. The van der Waals surface area contributed by atoms with Crippen LogP contribution in [0.2, 0.25) is 0 Å². The van der Waals surface area contributed by atoms with Crippen molar-refractivity contribution in [3.63, 3.8) is 0 Å². The highest BCUT2D eigenvalue weighted by atomic mass is 16.5. The van der Waals surface area contributed by atoms with Gasteiger partial charge in [0.15, 0.2) is 5.82 Å². The molecule has 0 spiro atoms. The number of hydrogen-bond donors (Lipinski definition) is 1. The summed E-state index contributed by atoms with van der Waals surface area (Å²) in [5, 5.41) is 7.54. The largest absolute Gasteiger partial charge is 0.339 e. The van der Waals surface area contributed by atoms with Crippen LogP contribution in [-0.4, -0.2) is 16.7 Å². The monoisotopic (exact) mass is 257 g/mol. The Kier molecular flexibility index (Phi) is 3.60. The maximum Gasteiger partial charge on any atom is 0.228 e. The lowest BCUT2D eigenvalue weighted by Gasteiger charge is -2.16. The Bertz CT molecular complexity index is 519. The maximum absolute atomic E-state index is 5.36. The van der Waals surface area contributed by atoms with E-state index in [1.165, 1.54) is 18.4 Å². The van der Waals surface area contributed by atoms with Crippen molar-refractivity contribution in [2.75, 3.05) is 6.54 Å². The smallest absolute Gasteiger partial charge is 0.228 e. The molecule has 1 aliphatic carbocycles. The van der Waals surface area contributed by atoms with E-state index >= 15 is 0 Å². The lowest BCUT2D eigenvalue weighted by atomic mass is 10.0. The molecular weight excluding hydrogens is 238 g/mol. The molecule has 1 unspecified atom stereocenters. The Morgan fingerprint density at radius 1 is 1.32 bits per heavy atom. The SMILES string of the molecule is CCNC(Cc1nc(C2CC2)no1)c1ccccc1. The van der Waals surface area contributed by atoms with Crippen molar-refractivity contribution in [2.24, 2.45) is 0 Å². The quantitative estimate of drug-likeness (QED) is 0.864. The van der Waals surface area contributed by atoms with Crippen molar-refractivity contribution in [1.29, 1.82) is 0 Å². The standard InChI is InChI=1S/C15H19N3O/c1-2-16-13(11-6-4-3-5-7-11)10-14-17-15(18-19-14)12-8-9-12/h3-7,12-13,16H,2,8-10H2,1H3. The summed E-state index contributed by atoms with van der Waals surface area (Å²) in [5.41, 5.74) is 1.26. The molecule has 100 valence electrons. The zero-order valence-electron chi connectivity index (χ0n) is 11.2. The van der Waals surface area contributed by atoms with Crippen LogP contribution in [0.5, 0.6) is 0 Å². The summed E-state index contributed by atoms with van der Waals surface area (Å²) in [5.74, 6) is 2.17. The van der Waals surface area contributed by atoms with Gasteiger partial charge in [0, 0.05) is 18.4 Å². The second kappa shape index (κ2) is 5.53. The molecule has 0 aliphatic heterocycles. The van der Waals surface area contributed by atoms with E-state index in [2.05, 4.69) is 46.6 Å². The van der Waals surface area contributed by atoms with Crippen molar-refractivity contribution < 1.29 is 4.52 Å². The van der Waals surface area contributed by atoms with E-state index in [-0.39, 0.29) is 6.04 Å². The van der Waals surface area contributed by atoms with Crippen LogP contribution in [0.4, 0.5) is 0 Å². The summed E-state index contributed by atoms with van der Waals surface area (Å²) in [6.07, 6.45) is 3.15. The molecule has 1 atom stereocenters. The molecule has 2 aromatic rings. The first-order valence-corrected chi connectivity index (χ1v) is 6.97. The van der Waals surface area contributed by atoms with Crippen LogP contribution >= 0.6 is 0 Å². The van der Waals surface area contributed by atoms with E-state index in [0.29, 0.717) is 5.92 Å². The number of hydrogen-bond acceptors (Lipinski definition) is 4. The molecule has 0 radical (unpaired) electrons. The molecule has 1 fully saturated rings. The van der Waals surface area contributed by atoms with Crippen molar-refractivity contribution in [3.05, 3.63) is 47.6 Å². The van der Waals surface area contributed by atoms with Crippen LogP contribution in [0.25, 0.3) is 0 Å². The summed E-state index contributed by atoms with van der Waals surface area (Å²) >= 11 is 0. The van der Waals surface area contributed by atoms with Crippen molar-refractivity contribution in [3.8, 4) is 0 Å². The van der Waals surface area contributed by atoms with Gasteiger partial charge in [0.2, 0.25) is 5.89 Å². The summed E-state index contributed by atoms with van der Waals surface area (Å²) in [4.78, 5) is 4.50. The third-order valence-corrected chi connectivity index (χ3v) is 3.46. The first-order chi connectivity index (χ1) is 9.36. The van der Waals surface area contributed by atoms with Gasteiger partial charge in [0.25, 0.3) is 0 Å². The molecule has 1 aromatic carbocycles. The van der Waals surface area contributed by atoms with E-state index in [9.17, 15) is 0 Å². The summed E-state index contributed by atoms with van der Waals surface area (Å²) in [6.45, 7) is 3.03. The van der Waals surface area contributed by atoms with Crippen LogP contribution in [0.3, 0.4) is 0 Å². The van der Waals surface area contributed by atoms with Gasteiger partial charge in [0.1, 0.15) is 0 Å². The fourth-order valence-corrected chi connectivity index (χ4v) is 2.27. The minimum Gasteiger partial charge on any atom is -0.339 e. The van der Waals surface area contributed by atoms with Crippen LogP contribution in [0.1, 0.15) is 49.0 Å². The molecule has 4 heteroatoms. The van der Waals surface area contributed by atoms with E-state index in [1.54, 1.807) is 0 Å².